The van der Waals surface area contributed by atoms with E-state index in [0.717, 1.165) is 24.2 Å². The van der Waals surface area contributed by atoms with Crippen molar-refractivity contribution in [1.82, 2.24) is 10.3 Å². The number of rotatable bonds is 8. The number of hydrogen-bond acceptors (Lipinski definition) is 4. The van der Waals surface area contributed by atoms with Crippen LogP contribution in [0.5, 0.6) is 5.75 Å². The van der Waals surface area contributed by atoms with Crippen LogP contribution in [0.1, 0.15) is 35.7 Å². The molecule has 3 rings (SSSR count). The second-order valence-corrected chi connectivity index (χ2v) is 6.83. The molecule has 1 aromatic heterocycles. The third-order valence-corrected chi connectivity index (χ3v) is 4.39. The maximum absolute atomic E-state index is 13.2. The minimum Gasteiger partial charge on any atom is -0.494 e. The van der Waals surface area contributed by atoms with Gasteiger partial charge in [-0.15, -0.1) is 0 Å². The van der Waals surface area contributed by atoms with Crippen LogP contribution in [0, 0.1) is 5.82 Å². The zero-order valence-electron chi connectivity index (χ0n) is 17.3. The Balaban J connectivity index is 1.70. The SMILES string of the molecule is CCCCOc1ccc(C(=O)NC(=NCc2ccncc2)Nc2ccc(F)cc2)cc1. The van der Waals surface area contributed by atoms with Crippen LogP contribution < -0.4 is 15.4 Å². The van der Waals surface area contributed by atoms with Crippen LogP contribution in [0.15, 0.2) is 78.0 Å². The first-order valence-electron chi connectivity index (χ1n) is 10.1. The Morgan fingerprint density at radius 1 is 1.03 bits per heavy atom. The second kappa shape index (κ2) is 11.4. The number of carbonyl (C=O) groups is 1. The van der Waals surface area contributed by atoms with Gasteiger partial charge in [0.1, 0.15) is 11.6 Å². The quantitative estimate of drug-likeness (QED) is 0.312. The molecule has 0 unspecified atom stereocenters. The van der Waals surface area contributed by atoms with Gasteiger partial charge in [-0.05, 0) is 72.6 Å². The van der Waals surface area contributed by atoms with Crippen molar-refractivity contribution < 1.29 is 13.9 Å². The summed E-state index contributed by atoms with van der Waals surface area (Å²) in [5.74, 6) is 0.326. The predicted octanol–water partition coefficient (Wildman–Crippen LogP) is 4.80. The van der Waals surface area contributed by atoms with E-state index in [1.54, 1.807) is 48.8 Å². The van der Waals surface area contributed by atoms with Gasteiger partial charge in [0, 0.05) is 23.6 Å². The summed E-state index contributed by atoms with van der Waals surface area (Å²) in [4.78, 5) is 21.2. The maximum Gasteiger partial charge on any atom is 0.257 e. The van der Waals surface area contributed by atoms with E-state index >= 15 is 0 Å². The number of amides is 1. The molecule has 0 aliphatic heterocycles. The second-order valence-electron chi connectivity index (χ2n) is 6.83. The van der Waals surface area contributed by atoms with Crippen molar-refractivity contribution in [2.24, 2.45) is 4.99 Å². The van der Waals surface area contributed by atoms with Gasteiger partial charge in [-0.3, -0.25) is 15.1 Å². The van der Waals surface area contributed by atoms with E-state index in [1.165, 1.54) is 12.1 Å². The highest BCUT2D eigenvalue weighted by atomic mass is 19.1. The van der Waals surface area contributed by atoms with Gasteiger partial charge in [0.15, 0.2) is 0 Å². The van der Waals surface area contributed by atoms with Crippen LogP contribution >= 0.6 is 0 Å². The summed E-state index contributed by atoms with van der Waals surface area (Å²) in [7, 11) is 0. The van der Waals surface area contributed by atoms with Gasteiger partial charge >= 0.3 is 0 Å². The molecule has 0 aliphatic carbocycles. The Kier molecular flexibility index (Phi) is 8.11. The lowest BCUT2D eigenvalue weighted by atomic mass is 10.2. The summed E-state index contributed by atoms with van der Waals surface area (Å²) >= 11 is 0. The number of ether oxygens (including phenoxy) is 1. The number of anilines is 1. The Hall–Kier alpha value is -3.74. The monoisotopic (exact) mass is 420 g/mol. The largest absolute Gasteiger partial charge is 0.494 e. The lowest BCUT2D eigenvalue weighted by Gasteiger charge is -2.12. The fourth-order valence-electron chi connectivity index (χ4n) is 2.66. The first-order chi connectivity index (χ1) is 15.1. The van der Waals surface area contributed by atoms with Gasteiger partial charge in [-0.25, -0.2) is 9.38 Å². The highest BCUT2D eigenvalue weighted by Gasteiger charge is 2.10. The van der Waals surface area contributed by atoms with Crippen LogP contribution in [-0.2, 0) is 6.54 Å². The van der Waals surface area contributed by atoms with Crippen LogP contribution in [0.25, 0.3) is 0 Å². The summed E-state index contributed by atoms with van der Waals surface area (Å²) in [5, 5.41) is 5.82. The number of benzene rings is 2. The Morgan fingerprint density at radius 2 is 1.74 bits per heavy atom. The van der Waals surface area contributed by atoms with Gasteiger partial charge in [0.2, 0.25) is 5.96 Å². The Morgan fingerprint density at radius 3 is 2.42 bits per heavy atom. The number of nitrogens with one attached hydrogen (secondary N) is 2. The summed E-state index contributed by atoms with van der Waals surface area (Å²) in [6.07, 6.45) is 5.40. The molecule has 1 heterocycles. The zero-order valence-corrected chi connectivity index (χ0v) is 17.3. The van der Waals surface area contributed by atoms with Crippen LogP contribution in [0.2, 0.25) is 0 Å². The smallest absolute Gasteiger partial charge is 0.257 e. The molecule has 6 nitrogen and oxygen atoms in total. The number of hydrogen-bond donors (Lipinski definition) is 2. The van der Waals surface area contributed by atoms with Crippen molar-refractivity contribution in [2.45, 2.75) is 26.3 Å². The molecule has 0 saturated carbocycles. The molecule has 0 radical (unpaired) electrons. The van der Waals surface area contributed by atoms with Gasteiger partial charge in [0.25, 0.3) is 5.91 Å². The standard InChI is InChI=1S/C24H25FN4O2/c1-2-3-16-31-22-10-4-19(5-11-22)23(30)29-24(27-17-18-12-14-26-15-13-18)28-21-8-6-20(25)7-9-21/h4-15H,2-3,16-17H2,1H3,(H2,27,28,29,30). The van der Waals surface area contributed by atoms with Gasteiger partial charge in [-0.1, -0.05) is 13.3 Å². The van der Waals surface area contributed by atoms with E-state index in [9.17, 15) is 9.18 Å². The molecule has 7 heteroatoms. The molecule has 0 aliphatic rings. The molecule has 0 bridgehead atoms. The van der Waals surface area contributed by atoms with Crippen LogP contribution in [0.3, 0.4) is 0 Å². The fourth-order valence-corrected chi connectivity index (χ4v) is 2.66. The Bertz CT molecular complexity index is 990. The van der Waals surface area contributed by atoms with Crippen molar-refractivity contribution in [3.05, 3.63) is 90.0 Å². The van der Waals surface area contributed by atoms with Gasteiger partial charge in [-0.2, -0.15) is 0 Å². The highest BCUT2D eigenvalue weighted by molar-refractivity contribution is 6.09. The topological polar surface area (TPSA) is 75.6 Å². The van der Waals surface area contributed by atoms with Gasteiger partial charge in [0.05, 0.1) is 13.2 Å². The zero-order chi connectivity index (χ0) is 21.9. The average Bonchev–Trinajstić information content (AvgIpc) is 2.80. The number of guanidine groups is 1. The van der Waals surface area contributed by atoms with E-state index in [0.29, 0.717) is 24.4 Å². The molecule has 2 aromatic carbocycles. The number of nitrogens with zero attached hydrogens (tertiary/aromatic N) is 2. The minimum absolute atomic E-state index is 0.261. The molecule has 2 N–H and O–H groups in total. The normalized spacial score (nSPS) is 11.1. The van der Waals surface area contributed by atoms with Crippen LogP contribution in [0.4, 0.5) is 10.1 Å². The van der Waals surface area contributed by atoms with E-state index in [-0.39, 0.29) is 17.7 Å². The summed E-state index contributed by atoms with van der Waals surface area (Å²) < 4.78 is 18.8. The number of unbranched alkanes of at least 4 members (excludes halogenated alkanes) is 1. The van der Waals surface area contributed by atoms with Crippen molar-refractivity contribution in [2.75, 3.05) is 11.9 Å². The number of halogens is 1. The molecule has 0 spiro atoms. The molecular weight excluding hydrogens is 395 g/mol. The summed E-state index contributed by atoms with van der Waals surface area (Å²) in [6.45, 7) is 3.09. The first kappa shape index (κ1) is 22.0. The highest BCUT2D eigenvalue weighted by Crippen LogP contribution is 2.13. The van der Waals surface area contributed by atoms with E-state index in [1.807, 2.05) is 12.1 Å². The molecule has 1 amide bonds. The van der Waals surface area contributed by atoms with Gasteiger partial charge < -0.3 is 10.1 Å². The molecular formula is C24H25FN4O2. The first-order valence-corrected chi connectivity index (χ1v) is 10.1. The average molecular weight is 420 g/mol. The molecule has 3 aromatic rings. The molecule has 31 heavy (non-hydrogen) atoms. The minimum atomic E-state index is -0.342. The Labute approximate surface area is 181 Å². The molecule has 0 saturated heterocycles. The number of pyridine rings is 1. The fraction of sp³-hybridized carbons (Fsp3) is 0.208. The summed E-state index contributed by atoms with van der Waals surface area (Å²) in [6, 6.07) is 16.5. The number of aliphatic imine (C=N–C) groups is 1. The van der Waals surface area contributed by atoms with Crippen molar-refractivity contribution in [3.8, 4) is 5.75 Å². The third-order valence-electron chi connectivity index (χ3n) is 4.39. The number of carbonyl (C=O) groups excluding carboxylic acids is 1. The molecule has 0 fully saturated rings. The van der Waals surface area contributed by atoms with Crippen LogP contribution in [-0.4, -0.2) is 23.5 Å². The molecule has 0 atom stereocenters. The third kappa shape index (κ3) is 7.22. The predicted molar refractivity (Wildman–Crippen MR) is 120 cm³/mol. The van der Waals surface area contributed by atoms with Crippen molar-refractivity contribution in [1.29, 1.82) is 0 Å². The summed E-state index contributed by atoms with van der Waals surface area (Å²) in [5.41, 5.74) is 2.02. The van der Waals surface area contributed by atoms with Crippen molar-refractivity contribution in [3.63, 3.8) is 0 Å². The van der Waals surface area contributed by atoms with E-state index < -0.39 is 0 Å². The van der Waals surface area contributed by atoms with Crippen molar-refractivity contribution >= 4 is 17.6 Å². The lowest BCUT2D eigenvalue weighted by Crippen LogP contribution is -2.36. The molecule has 160 valence electrons. The number of aromatic nitrogens is 1. The maximum atomic E-state index is 13.2. The van der Waals surface area contributed by atoms with E-state index in [2.05, 4.69) is 27.5 Å². The lowest BCUT2D eigenvalue weighted by molar-refractivity contribution is 0.0977. The van der Waals surface area contributed by atoms with E-state index in [4.69, 9.17) is 4.74 Å².